The average Bonchev–Trinajstić information content (AvgIpc) is 3.62. The van der Waals surface area contributed by atoms with Crippen LogP contribution in [0.4, 0.5) is 0 Å². The number of ether oxygens (including phenoxy) is 1. The molecule has 2 saturated heterocycles. The molecule has 0 aliphatic carbocycles. The minimum absolute atomic E-state index is 0.00606. The molecule has 2 aliphatic heterocycles. The number of amides is 1. The molecule has 1 amide bonds. The van der Waals surface area contributed by atoms with Gasteiger partial charge in [-0.3, -0.25) is 14.5 Å². The number of nitrogens with one attached hydrogen (secondary N) is 2. The largest absolute Gasteiger partial charge is 0.506 e. The summed E-state index contributed by atoms with van der Waals surface area (Å²) in [5.41, 5.74) is 3.26. The first-order valence-corrected chi connectivity index (χ1v) is 16.5. The Hall–Kier alpha value is -3.06. The van der Waals surface area contributed by atoms with Gasteiger partial charge in [-0.25, -0.2) is 0 Å². The maximum atomic E-state index is 13.1. The van der Waals surface area contributed by atoms with Gasteiger partial charge < -0.3 is 30.2 Å². The number of carbonyl (C=O) groups excluding carboxylic acids is 1. The molecule has 0 radical (unpaired) electrons. The zero-order valence-corrected chi connectivity index (χ0v) is 25.9. The summed E-state index contributed by atoms with van der Waals surface area (Å²) in [4.78, 5) is 33.6. The zero-order chi connectivity index (χ0) is 30.0. The number of aromatic nitrogens is 1. The molecule has 1 atom stereocenters. The van der Waals surface area contributed by atoms with Crippen LogP contribution in [0.25, 0.3) is 10.2 Å². The Morgan fingerprint density at radius 2 is 1.93 bits per heavy atom. The summed E-state index contributed by atoms with van der Waals surface area (Å²) >= 11 is 2.56. The van der Waals surface area contributed by atoms with E-state index in [1.54, 1.807) is 17.4 Å². The smallest absolute Gasteiger partial charge is 0.305 e. The standard InChI is InChI=1S/C32H38N4O5S2/c1-21-5-8-27(42-21)30(39)36-15-16-41-32(20-36)10-13-35(14-11-32)19-23-4-2-3-22(17-23)9-12-33-18-26(38)24-6-7-25(37)28-29(24)43-31(40)34-28/h2-8,17,26,33,37-38H,9-16,18-20H2,1H3,(H,34,40)/t26-/m0/s1. The fourth-order valence-corrected chi connectivity index (χ4v) is 7.92. The molecule has 4 aromatic rings. The van der Waals surface area contributed by atoms with E-state index in [2.05, 4.69) is 39.5 Å². The van der Waals surface area contributed by atoms with E-state index in [4.69, 9.17) is 4.74 Å². The second-order valence-electron chi connectivity index (χ2n) is 11.6. The number of aliphatic hydroxyl groups excluding tert-OH is 1. The first-order chi connectivity index (χ1) is 20.8. The number of carbonyl (C=O) groups is 1. The maximum Gasteiger partial charge on any atom is 0.305 e. The number of aromatic amines is 1. The molecule has 0 bridgehead atoms. The zero-order valence-electron chi connectivity index (χ0n) is 24.3. The fraction of sp³-hybridized carbons (Fsp3) is 0.438. The van der Waals surface area contributed by atoms with Gasteiger partial charge in [0.2, 0.25) is 0 Å². The van der Waals surface area contributed by atoms with Crippen molar-refractivity contribution in [2.75, 3.05) is 45.9 Å². The number of aromatic hydroxyl groups is 1. The average molecular weight is 623 g/mol. The first-order valence-electron chi connectivity index (χ1n) is 14.8. The lowest BCUT2D eigenvalue weighted by molar-refractivity contribution is -0.127. The van der Waals surface area contributed by atoms with Crippen LogP contribution in [0.15, 0.2) is 53.3 Å². The Morgan fingerprint density at radius 1 is 1.12 bits per heavy atom. The van der Waals surface area contributed by atoms with E-state index in [0.717, 1.165) is 60.0 Å². The van der Waals surface area contributed by atoms with Gasteiger partial charge in [0.05, 0.1) is 34.4 Å². The second-order valence-corrected chi connectivity index (χ2v) is 13.9. The number of likely N-dealkylation sites (tertiary alicyclic amines) is 1. The molecule has 0 saturated carbocycles. The third-order valence-corrected chi connectivity index (χ3v) is 10.4. The molecule has 2 aromatic heterocycles. The molecule has 43 heavy (non-hydrogen) atoms. The number of rotatable bonds is 9. The first kappa shape index (κ1) is 30.0. The van der Waals surface area contributed by atoms with Crippen LogP contribution in [0.1, 0.15) is 50.2 Å². The van der Waals surface area contributed by atoms with Crippen LogP contribution in [-0.2, 0) is 17.7 Å². The van der Waals surface area contributed by atoms with Crippen molar-refractivity contribution in [1.29, 1.82) is 0 Å². The van der Waals surface area contributed by atoms with E-state index < -0.39 is 6.10 Å². The Labute approximate surface area is 258 Å². The monoisotopic (exact) mass is 622 g/mol. The van der Waals surface area contributed by atoms with Gasteiger partial charge in [0.15, 0.2) is 0 Å². The van der Waals surface area contributed by atoms with Crippen LogP contribution in [-0.4, -0.2) is 82.4 Å². The molecule has 2 aromatic carbocycles. The number of thiophene rings is 1. The van der Waals surface area contributed by atoms with E-state index in [1.165, 1.54) is 17.2 Å². The van der Waals surface area contributed by atoms with Crippen molar-refractivity contribution in [2.45, 2.75) is 44.4 Å². The number of phenols is 1. The summed E-state index contributed by atoms with van der Waals surface area (Å²) in [6, 6.07) is 15.8. The van der Waals surface area contributed by atoms with E-state index >= 15 is 0 Å². The fourth-order valence-electron chi connectivity index (χ4n) is 6.17. The van der Waals surface area contributed by atoms with Crippen LogP contribution in [0.3, 0.4) is 0 Å². The molecular weight excluding hydrogens is 585 g/mol. The van der Waals surface area contributed by atoms with E-state index in [1.807, 2.05) is 24.0 Å². The van der Waals surface area contributed by atoms with E-state index in [0.29, 0.717) is 48.6 Å². The molecule has 2 fully saturated rings. The van der Waals surface area contributed by atoms with Crippen molar-refractivity contribution in [3.8, 4) is 5.75 Å². The highest BCUT2D eigenvalue weighted by molar-refractivity contribution is 7.16. The minimum atomic E-state index is -0.790. The van der Waals surface area contributed by atoms with Gasteiger partial charge in [0.1, 0.15) is 11.3 Å². The normalized spacial score (nSPS) is 18.0. The molecule has 6 rings (SSSR count). The summed E-state index contributed by atoms with van der Waals surface area (Å²) in [5.74, 6) is 0.132. The lowest BCUT2D eigenvalue weighted by Crippen LogP contribution is -2.57. The van der Waals surface area contributed by atoms with Gasteiger partial charge in [-0.05, 0) is 62.1 Å². The summed E-state index contributed by atoms with van der Waals surface area (Å²) in [6.45, 7) is 7.74. The van der Waals surface area contributed by atoms with E-state index in [9.17, 15) is 19.8 Å². The van der Waals surface area contributed by atoms with Crippen molar-refractivity contribution >= 4 is 38.8 Å². The predicted octanol–water partition coefficient (Wildman–Crippen LogP) is 4.04. The molecule has 11 heteroatoms. The second kappa shape index (κ2) is 12.9. The lowest BCUT2D eigenvalue weighted by atomic mass is 9.89. The Morgan fingerprint density at radius 3 is 2.72 bits per heavy atom. The maximum absolute atomic E-state index is 13.1. The van der Waals surface area contributed by atoms with Crippen molar-refractivity contribution < 1.29 is 19.7 Å². The highest BCUT2D eigenvalue weighted by Gasteiger charge is 2.41. The summed E-state index contributed by atoms with van der Waals surface area (Å²) in [6.07, 6.45) is 1.87. The summed E-state index contributed by atoms with van der Waals surface area (Å²) < 4.78 is 6.89. The van der Waals surface area contributed by atoms with E-state index in [-0.39, 0.29) is 22.1 Å². The van der Waals surface area contributed by atoms with Crippen molar-refractivity contribution in [3.63, 3.8) is 0 Å². The number of H-pyrrole nitrogens is 1. The number of hydrogen-bond donors (Lipinski definition) is 4. The Balaban J connectivity index is 0.969. The molecule has 4 heterocycles. The molecule has 0 unspecified atom stereocenters. The van der Waals surface area contributed by atoms with Gasteiger partial charge in [-0.15, -0.1) is 11.3 Å². The lowest BCUT2D eigenvalue weighted by Gasteiger charge is -2.47. The number of fused-ring (bicyclic) bond motifs is 1. The van der Waals surface area contributed by atoms with Gasteiger partial charge >= 0.3 is 4.87 Å². The van der Waals surface area contributed by atoms with Gasteiger partial charge in [-0.2, -0.15) is 0 Å². The predicted molar refractivity (Wildman–Crippen MR) is 170 cm³/mol. The number of aryl methyl sites for hydroxylation is 1. The highest BCUT2D eigenvalue weighted by Crippen LogP contribution is 2.33. The molecule has 1 spiro atoms. The van der Waals surface area contributed by atoms with Gasteiger partial charge in [-0.1, -0.05) is 41.7 Å². The number of thiazole rings is 1. The van der Waals surface area contributed by atoms with Crippen LogP contribution in [0.5, 0.6) is 5.75 Å². The molecular formula is C32H38N4O5S2. The minimum Gasteiger partial charge on any atom is -0.506 e. The third kappa shape index (κ3) is 6.87. The van der Waals surface area contributed by atoms with Crippen molar-refractivity contribution in [2.24, 2.45) is 0 Å². The van der Waals surface area contributed by atoms with Crippen molar-refractivity contribution in [1.82, 2.24) is 20.1 Å². The Bertz CT molecular complexity index is 1640. The summed E-state index contributed by atoms with van der Waals surface area (Å²) in [5, 5.41) is 24.1. The molecule has 4 N–H and O–H groups in total. The van der Waals surface area contributed by atoms with Crippen LogP contribution in [0.2, 0.25) is 0 Å². The molecule has 228 valence electrons. The number of morpholine rings is 1. The summed E-state index contributed by atoms with van der Waals surface area (Å²) in [7, 11) is 0. The number of nitrogens with zero attached hydrogens (tertiary/aromatic N) is 2. The van der Waals surface area contributed by atoms with Gasteiger partial charge in [0.25, 0.3) is 5.91 Å². The quantitative estimate of drug-likeness (QED) is 0.208. The van der Waals surface area contributed by atoms with Crippen LogP contribution >= 0.6 is 22.7 Å². The molecule has 9 nitrogen and oxygen atoms in total. The molecule has 2 aliphatic rings. The highest BCUT2D eigenvalue weighted by atomic mass is 32.1. The van der Waals surface area contributed by atoms with Crippen LogP contribution in [0, 0.1) is 6.92 Å². The van der Waals surface area contributed by atoms with Crippen molar-refractivity contribution in [3.05, 3.63) is 84.6 Å². The number of benzene rings is 2. The number of phenolic OH excluding ortho intramolecular Hbond substituents is 1. The number of hydrogen-bond acceptors (Lipinski definition) is 9. The SMILES string of the molecule is Cc1ccc(C(=O)N2CCOC3(CCN(Cc4cccc(CCNC[C@H](O)c5ccc(O)c6[nH]c(=O)sc56)c4)CC3)C2)s1. The number of aliphatic hydroxyl groups is 1. The topological polar surface area (TPSA) is 118 Å². The number of piperidine rings is 1. The third-order valence-electron chi connectivity index (χ3n) is 8.53. The van der Waals surface area contributed by atoms with Gasteiger partial charge in [0, 0.05) is 43.2 Å². The van der Waals surface area contributed by atoms with Crippen LogP contribution < -0.4 is 10.2 Å². The Kier molecular flexibility index (Phi) is 8.99.